The number of benzene rings is 2. The Morgan fingerprint density at radius 2 is 1.83 bits per heavy atom. The van der Waals surface area contributed by atoms with Crippen LogP contribution in [0.15, 0.2) is 48.5 Å². The standard InChI is InChI=1S/C24H27N3O2/c1-26(2)18-12-10-17(11-13-18)16-23(28)25-15-14-20-19-6-3-4-7-21(19)27-22(20)8-5-9-24(27)29/h3-4,6-7,10-13H,5,8-9,14-16H2,1-2H3,(H,25,28). The summed E-state index contributed by atoms with van der Waals surface area (Å²) in [7, 11) is 4.00. The Kier molecular flexibility index (Phi) is 5.38. The highest BCUT2D eigenvalue weighted by Gasteiger charge is 2.24. The number of fused-ring (bicyclic) bond motifs is 3. The molecule has 29 heavy (non-hydrogen) atoms. The highest BCUT2D eigenvalue weighted by Crippen LogP contribution is 2.30. The van der Waals surface area contributed by atoms with Crippen molar-refractivity contribution in [3.05, 3.63) is 65.4 Å². The molecule has 1 aromatic heterocycles. The average Bonchev–Trinajstić information content (AvgIpc) is 3.03. The van der Waals surface area contributed by atoms with Crippen LogP contribution in [0.2, 0.25) is 0 Å². The number of aromatic nitrogens is 1. The van der Waals surface area contributed by atoms with Gasteiger partial charge in [-0.2, -0.15) is 0 Å². The number of nitrogens with one attached hydrogen (secondary N) is 1. The first-order valence-corrected chi connectivity index (χ1v) is 10.2. The predicted molar refractivity (Wildman–Crippen MR) is 117 cm³/mol. The van der Waals surface area contributed by atoms with Crippen LogP contribution in [0.1, 0.15) is 34.5 Å². The van der Waals surface area contributed by atoms with Crippen LogP contribution in [0, 0.1) is 0 Å². The van der Waals surface area contributed by atoms with Gasteiger partial charge in [0.1, 0.15) is 0 Å². The molecule has 1 N–H and O–H groups in total. The van der Waals surface area contributed by atoms with Crippen molar-refractivity contribution in [1.29, 1.82) is 0 Å². The van der Waals surface area contributed by atoms with E-state index in [9.17, 15) is 9.59 Å². The number of nitrogens with zero attached hydrogens (tertiary/aromatic N) is 2. The maximum absolute atomic E-state index is 12.5. The Bertz CT molecular complexity index is 1050. The van der Waals surface area contributed by atoms with Crippen LogP contribution in [0.3, 0.4) is 0 Å². The van der Waals surface area contributed by atoms with Gasteiger partial charge in [-0.1, -0.05) is 30.3 Å². The predicted octanol–water partition coefficient (Wildman–Crippen LogP) is 3.59. The van der Waals surface area contributed by atoms with Crippen LogP contribution >= 0.6 is 0 Å². The number of carbonyl (C=O) groups is 2. The molecule has 0 fully saturated rings. The molecule has 5 nitrogen and oxygen atoms in total. The molecule has 0 saturated carbocycles. The highest BCUT2D eigenvalue weighted by atomic mass is 16.2. The number of hydrogen-bond donors (Lipinski definition) is 1. The van der Waals surface area contributed by atoms with Crippen LogP contribution in [0.4, 0.5) is 5.69 Å². The summed E-state index contributed by atoms with van der Waals surface area (Å²) < 4.78 is 1.89. The fourth-order valence-corrected chi connectivity index (χ4v) is 4.19. The van der Waals surface area contributed by atoms with Gasteiger partial charge >= 0.3 is 0 Å². The smallest absolute Gasteiger partial charge is 0.231 e. The summed E-state index contributed by atoms with van der Waals surface area (Å²) in [5.41, 5.74) is 5.44. The highest BCUT2D eigenvalue weighted by molar-refractivity contribution is 5.96. The molecule has 1 aliphatic heterocycles. The molecule has 150 valence electrons. The minimum absolute atomic E-state index is 0.0241. The molecule has 2 heterocycles. The Labute approximate surface area is 171 Å². The van der Waals surface area contributed by atoms with Crippen molar-refractivity contribution in [3.63, 3.8) is 0 Å². The third-order valence-corrected chi connectivity index (χ3v) is 5.66. The fraction of sp³-hybridized carbons (Fsp3) is 0.333. The van der Waals surface area contributed by atoms with Crippen LogP contribution < -0.4 is 10.2 Å². The van der Waals surface area contributed by atoms with E-state index >= 15 is 0 Å². The SMILES string of the molecule is CN(C)c1ccc(CC(=O)NCCc2c3n(c4ccccc24)C(=O)CCC3)cc1. The van der Waals surface area contributed by atoms with E-state index in [1.54, 1.807) is 0 Å². The second-order valence-corrected chi connectivity index (χ2v) is 7.86. The first-order chi connectivity index (χ1) is 14.0. The first kappa shape index (κ1) is 19.2. The van der Waals surface area contributed by atoms with E-state index < -0.39 is 0 Å². The molecule has 0 bridgehead atoms. The maximum atomic E-state index is 12.5. The lowest BCUT2D eigenvalue weighted by molar-refractivity contribution is -0.120. The summed E-state index contributed by atoms with van der Waals surface area (Å²) >= 11 is 0. The van der Waals surface area contributed by atoms with Gasteiger partial charge in [0, 0.05) is 43.8 Å². The van der Waals surface area contributed by atoms with Gasteiger partial charge in [-0.3, -0.25) is 14.2 Å². The van der Waals surface area contributed by atoms with Gasteiger partial charge < -0.3 is 10.2 Å². The molecule has 0 atom stereocenters. The van der Waals surface area contributed by atoms with E-state index in [0.717, 1.165) is 47.1 Å². The van der Waals surface area contributed by atoms with Crippen molar-refractivity contribution in [2.24, 2.45) is 0 Å². The number of amides is 1. The van der Waals surface area contributed by atoms with Crippen molar-refractivity contribution in [3.8, 4) is 0 Å². The van der Waals surface area contributed by atoms with Gasteiger partial charge in [0.2, 0.25) is 11.8 Å². The third kappa shape index (κ3) is 3.90. The molecular weight excluding hydrogens is 362 g/mol. The fourth-order valence-electron chi connectivity index (χ4n) is 4.19. The number of para-hydroxylation sites is 1. The molecular formula is C24H27N3O2. The van der Waals surface area contributed by atoms with Crippen LogP contribution in [-0.4, -0.2) is 37.0 Å². The lowest BCUT2D eigenvalue weighted by atomic mass is 10.0. The molecule has 0 unspecified atom stereocenters. The Hall–Kier alpha value is -3.08. The summed E-state index contributed by atoms with van der Waals surface area (Å²) in [5, 5.41) is 4.18. The molecule has 0 radical (unpaired) electrons. The third-order valence-electron chi connectivity index (χ3n) is 5.66. The summed E-state index contributed by atoms with van der Waals surface area (Å²) in [6.45, 7) is 0.573. The lowest BCUT2D eigenvalue weighted by Crippen LogP contribution is -2.27. The molecule has 4 rings (SSSR count). The number of rotatable bonds is 6. The molecule has 1 amide bonds. The van der Waals surface area contributed by atoms with Crippen molar-refractivity contribution in [2.45, 2.75) is 32.1 Å². The molecule has 0 aliphatic carbocycles. The van der Waals surface area contributed by atoms with E-state index in [0.29, 0.717) is 19.4 Å². The lowest BCUT2D eigenvalue weighted by Gasteiger charge is -2.16. The van der Waals surface area contributed by atoms with Crippen molar-refractivity contribution in [1.82, 2.24) is 9.88 Å². The zero-order valence-electron chi connectivity index (χ0n) is 17.1. The van der Waals surface area contributed by atoms with E-state index in [4.69, 9.17) is 0 Å². The summed E-state index contributed by atoms with van der Waals surface area (Å²) in [6.07, 6.45) is 3.54. The Balaban J connectivity index is 1.43. The van der Waals surface area contributed by atoms with E-state index in [2.05, 4.69) is 11.4 Å². The zero-order valence-corrected chi connectivity index (χ0v) is 17.1. The summed E-state index contributed by atoms with van der Waals surface area (Å²) in [4.78, 5) is 26.9. The van der Waals surface area contributed by atoms with Gasteiger partial charge in [-0.15, -0.1) is 0 Å². The van der Waals surface area contributed by atoms with Gasteiger partial charge in [-0.25, -0.2) is 0 Å². The van der Waals surface area contributed by atoms with Crippen LogP contribution in [0.25, 0.3) is 10.9 Å². The zero-order chi connectivity index (χ0) is 20.4. The van der Waals surface area contributed by atoms with Crippen LogP contribution in [0.5, 0.6) is 0 Å². The first-order valence-electron chi connectivity index (χ1n) is 10.2. The molecule has 1 aliphatic rings. The number of hydrogen-bond acceptors (Lipinski definition) is 3. The van der Waals surface area contributed by atoms with Gasteiger partial charge in [-0.05, 0) is 48.6 Å². The second-order valence-electron chi connectivity index (χ2n) is 7.86. The molecule has 2 aromatic carbocycles. The number of carbonyl (C=O) groups excluding carboxylic acids is 2. The summed E-state index contributed by atoms with van der Waals surface area (Å²) in [5.74, 6) is 0.204. The Morgan fingerprint density at radius 1 is 1.07 bits per heavy atom. The molecule has 5 heteroatoms. The molecule has 0 spiro atoms. The largest absolute Gasteiger partial charge is 0.378 e. The average molecular weight is 389 g/mol. The van der Waals surface area contributed by atoms with Crippen molar-refractivity contribution < 1.29 is 9.59 Å². The number of anilines is 1. The van der Waals surface area contributed by atoms with Crippen LogP contribution in [-0.2, 0) is 24.1 Å². The Morgan fingerprint density at radius 3 is 2.59 bits per heavy atom. The van der Waals surface area contributed by atoms with Crippen molar-refractivity contribution in [2.75, 3.05) is 25.5 Å². The second kappa shape index (κ2) is 8.11. The van der Waals surface area contributed by atoms with E-state index in [1.807, 2.05) is 66.0 Å². The van der Waals surface area contributed by atoms with Gasteiger partial charge in [0.25, 0.3) is 0 Å². The summed E-state index contributed by atoms with van der Waals surface area (Å²) in [6, 6.07) is 16.1. The van der Waals surface area contributed by atoms with E-state index in [1.165, 1.54) is 5.56 Å². The monoisotopic (exact) mass is 389 g/mol. The van der Waals surface area contributed by atoms with E-state index in [-0.39, 0.29) is 11.8 Å². The van der Waals surface area contributed by atoms with Gasteiger partial charge in [0.15, 0.2) is 0 Å². The normalized spacial score (nSPS) is 13.4. The van der Waals surface area contributed by atoms with Crippen molar-refractivity contribution >= 4 is 28.4 Å². The minimum atomic E-state index is 0.0241. The maximum Gasteiger partial charge on any atom is 0.231 e. The quantitative estimate of drug-likeness (QED) is 0.701. The molecule has 0 saturated heterocycles. The molecule has 3 aromatic rings. The minimum Gasteiger partial charge on any atom is -0.378 e. The van der Waals surface area contributed by atoms with Gasteiger partial charge in [0.05, 0.1) is 11.9 Å². The topological polar surface area (TPSA) is 54.3 Å².